The molecule has 0 fully saturated rings. The summed E-state index contributed by atoms with van der Waals surface area (Å²) < 4.78 is 0. The molecule has 0 radical (unpaired) electrons. The number of nitrogens with two attached hydrogens (primary N) is 1. The second kappa shape index (κ2) is 4.44. The maximum atomic E-state index is 5.62. The van der Waals surface area contributed by atoms with Crippen LogP contribution in [0.5, 0.6) is 0 Å². The van der Waals surface area contributed by atoms with Crippen LogP contribution in [0.2, 0.25) is 0 Å². The van der Waals surface area contributed by atoms with Gasteiger partial charge in [-0.1, -0.05) is 25.1 Å². The fourth-order valence-corrected chi connectivity index (χ4v) is 0.812. The van der Waals surface area contributed by atoms with Crippen molar-refractivity contribution in [3.05, 3.63) is 42.2 Å². The molecule has 0 atom stereocenters. The maximum Gasteiger partial charge on any atom is 0.0380 e. The van der Waals surface area contributed by atoms with Gasteiger partial charge in [-0.3, -0.25) is 0 Å². The average molecular weight is 162 g/mol. The van der Waals surface area contributed by atoms with Gasteiger partial charge in [0.05, 0.1) is 0 Å². The van der Waals surface area contributed by atoms with Crippen LogP contribution in [0.4, 0.5) is 5.69 Å². The number of benzene rings is 1. The lowest BCUT2D eigenvalue weighted by Crippen LogP contribution is -1.99. The molecule has 0 bridgehead atoms. The van der Waals surface area contributed by atoms with Crippen molar-refractivity contribution in [1.29, 1.82) is 0 Å². The van der Waals surface area contributed by atoms with E-state index >= 15 is 0 Å². The summed E-state index contributed by atoms with van der Waals surface area (Å²) in [6.45, 7) is 2.03. The summed E-state index contributed by atoms with van der Waals surface area (Å²) in [5.74, 6) is 0. The van der Waals surface area contributed by atoms with Gasteiger partial charge in [-0.2, -0.15) is 0 Å². The maximum absolute atomic E-state index is 5.62. The first-order valence-electron chi connectivity index (χ1n) is 4.09. The molecule has 2 nitrogen and oxygen atoms in total. The van der Waals surface area contributed by atoms with Gasteiger partial charge in [-0.05, 0) is 18.6 Å². The molecule has 1 rings (SSSR count). The molecule has 1 aromatic rings. The smallest absolute Gasteiger partial charge is 0.0380 e. The second-order valence-electron chi connectivity index (χ2n) is 2.58. The molecule has 64 valence electrons. The van der Waals surface area contributed by atoms with Gasteiger partial charge >= 0.3 is 0 Å². The molecular formula is C10H14N2. The molecule has 1 aromatic carbocycles. The molecule has 0 unspecified atom stereocenters. The van der Waals surface area contributed by atoms with Crippen LogP contribution in [-0.2, 0) is 0 Å². The number of rotatable bonds is 3. The van der Waals surface area contributed by atoms with Crippen molar-refractivity contribution in [3.8, 4) is 0 Å². The van der Waals surface area contributed by atoms with E-state index in [1.165, 1.54) is 0 Å². The van der Waals surface area contributed by atoms with Crippen molar-refractivity contribution in [2.24, 2.45) is 5.73 Å². The molecule has 0 aliphatic carbocycles. The van der Waals surface area contributed by atoms with Gasteiger partial charge in [-0.15, -0.1) is 0 Å². The number of anilines is 1. The Bertz CT molecular complexity index is 252. The quantitative estimate of drug-likeness (QED) is 0.715. The summed E-state index contributed by atoms with van der Waals surface area (Å²) in [5.41, 5.74) is 7.54. The third-order valence-electron chi connectivity index (χ3n) is 1.61. The van der Waals surface area contributed by atoms with Gasteiger partial charge in [0, 0.05) is 17.6 Å². The second-order valence-corrected chi connectivity index (χ2v) is 2.58. The van der Waals surface area contributed by atoms with Gasteiger partial charge in [0.1, 0.15) is 0 Å². The molecule has 0 saturated heterocycles. The third kappa shape index (κ3) is 2.66. The zero-order valence-corrected chi connectivity index (χ0v) is 7.25. The van der Waals surface area contributed by atoms with E-state index in [2.05, 4.69) is 5.32 Å². The SMILES string of the molecule is CC/C(N)=C/Nc1ccccc1. The van der Waals surface area contributed by atoms with Gasteiger partial charge in [-0.25, -0.2) is 0 Å². The van der Waals surface area contributed by atoms with Crippen molar-refractivity contribution in [1.82, 2.24) is 0 Å². The summed E-state index contributed by atoms with van der Waals surface area (Å²) in [7, 11) is 0. The van der Waals surface area contributed by atoms with Crippen LogP contribution >= 0.6 is 0 Å². The Hall–Kier alpha value is -1.44. The van der Waals surface area contributed by atoms with Crippen LogP contribution in [0.15, 0.2) is 42.2 Å². The highest BCUT2D eigenvalue weighted by molar-refractivity contribution is 5.45. The molecule has 0 aromatic heterocycles. The van der Waals surface area contributed by atoms with E-state index in [0.29, 0.717) is 0 Å². The van der Waals surface area contributed by atoms with Crippen LogP contribution in [0.3, 0.4) is 0 Å². The van der Waals surface area contributed by atoms with Crippen LogP contribution < -0.4 is 11.1 Å². The predicted molar refractivity (Wildman–Crippen MR) is 52.6 cm³/mol. The summed E-state index contributed by atoms with van der Waals surface area (Å²) in [4.78, 5) is 0. The van der Waals surface area contributed by atoms with E-state index < -0.39 is 0 Å². The van der Waals surface area contributed by atoms with Crippen molar-refractivity contribution < 1.29 is 0 Å². The van der Waals surface area contributed by atoms with E-state index in [4.69, 9.17) is 5.73 Å². The number of nitrogens with one attached hydrogen (secondary N) is 1. The molecule has 0 amide bonds. The lowest BCUT2D eigenvalue weighted by atomic mass is 10.3. The minimum Gasteiger partial charge on any atom is -0.401 e. The standard InChI is InChI=1S/C10H14N2/c1-2-9(11)8-12-10-6-4-3-5-7-10/h3-8,12H,2,11H2,1H3/b9-8-. The Balaban J connectivity index is 2.54. The first-order valence-corrected chi connectivity index (χ1v) is 4.09. The van der Waals surface area contributed by atoms with Gasteiger partial charge < -0.3 is 11.1 Å². The fourth-order valence-electron chi connectivity index (χ4n) is 0.812. The Morgan fingerprint density at radius 3 is 2.67 bits per heavy atom. The van der Waals surface area contributed by atoms with Gasteiger partial charge in [0.2, 0.25) is 0 Å². The summed E-state index contributed by atoms with van der Waals surface area (Å²) in [5, 5.41) is 3.11. The van der Waals surface area contributed by atoms with E-state index in [1.807, 2.05) is 43.5 Å². The van der Waals surface area contributed by atoms with Gasteiger partial charge in [0.15, 0.2) is 0 Å². The Labute approximate surface area is 73.1 Å². The zero-order chi connectivity index (χ0) is 8.81. The highest BCUT2D eigenvalue weighted by Crippen LogP contribution is 2.05. The normalized spacial score (nSPS) is 11.2. The molecule has 2 heteroatoms. The van der Waals surface area contributed by atoms with E-state index in [0.717, 1.165) is 17.8 Å². The Morgan fingerprint density at radius 1 is 1.42 bits per heavy atom. The first kappa shape index (κ1) is 8.65. The summed E-state index contributed by atoms with van der Waals surface area (Å²) in [6.07, 6.45) is 2.70. The fraction of sp³-hybridized carbons (Fsp3) is 0.200. The Kier molecular flexibility index (Phi) is 3.20. The van der Waals surface area contributed by atoms with Crippen LogP contribution in [0.1, 0.15) is 13.3 Å². The van der Waals surface area contributed by atoms with E-state index in [9.17, 15) is 0 Å². The van der Waals surface area contributed by atoms with E-state index in [1.54, 1.807) is 0 Å². The van der Waals surface area contributed by atoms with E-state index in [-0.39, 0.29) is 0 Å². The lowest BCUT2D eigenvalue weighted by Gasteiger charge is -2.00. The molecule has 0 aliphatic heterocycles. The molecule has 3 N–H and O–H groups in total. The van der Waals surface area contributed by atoms with Crippen LogP contribution in [-0.4, -0.2) is 0 Å². The molecule has 12 heavy (non-hydrogen) atoms. The minimum atomic E-state index is 0.860. The summed E-state index contributed by atoms with van der Waals surface area (Å²) in [6, 6.07) is 9.95. The highest BCUT2D eigenvalue weighted by atomic mass is 14.9. The zero-order valence-electron chi connectivity index (χ0n) is 7.25. The van der Waals surface area contributed by atoms with Crippen molar-refractivity contribution in [3.63, 3.8) is 0 Å². The first-order chi connectivity index (χ1) is 5.83. The Morgan fingerprint density at radius 2 is 2.08 bits per heavy atom. The van der Waals surface area contributed by atoms with Crippen molar-refractivity contribution in [2.75, 3.05) is 5.32 Å². The van der Waals surface area contributed by atoms with Gasteiger partial charge in [0.25, 0.3) is 0 Å². The average Bonchev–Trinajstić information content (AvgIpc) is 2.16. The molecule has 0 aliphatic rings. The number of para-hydroxylation sites is 1. The summed E-state index contributed by atoms with van der Waals surface area (Å²) >= 11 is 0. The highest BCUT2D eigenvalue weighted by Gasteiger charge is 1.85. The van der Waals surface area contributed by atoms with Crippen LogP contribution in [0, 0.1) is 0 Å². The molecular weight excluding hydrogens is 148 g/mol. The number of allylic oxidation sites excluding steroid dienone is 1. The minimum absolute atomic E-state index is 0.860. The number of hydrogen-bond donors (Lipinski definition) is 2. The third-order valence-corrected chi connectivity index (χ3v) is 1.61. The molecule has 0 spiro atoms. The lowest BCUT2D eigenvalue weighted by molar-refractivity contribution is 1.06. The molecule has 0 saturated carbocycles. The van der Waals surface area contributed by atoms with Crippen molar-refractivity contribution >= 4 is 5.69 Å². The number of hydrogen-bond acceptors (Lipinski definition) is 2. The van der Waals surface area contributed by atoms with Crippen LogP contribution in [0.25, 0.3) is 0 Å². The predicted octanol–water partition coefficient (Wildman–Crippen LogP) is 2.31. The largest absolute Gasteiger partial charge is 0.401 e. The topological polar surface area (TPSA) is 38.0 Å². The molecule has 0 heterocycles. The monoisotopic (exact) mass is 162 g/mol. The van der Waals surface area contributed by atoms with Crippen molar-refractivity contribution in [2.45, 2.75) is 13.3 Å².